The molecule has 1 heterocycles. The summed E-state index contributed by atoms with van der Waals surface area (Å²) in [5.41, 5.74) is 2.95. The van der Waals surface area contributed by atoms with Gasteiger partial charge in [-0.2, -0.15) is 0 Å². The van der Waals surface area contributed by atoms with Gasteiger partial charge in [-0.1, -0.05) is 6.07 Å². The fourth-order valence-corrected chi connectivity index (χ4v) is 2.85. The fourth-order valence-electron chi connectivity index (χ4n) is 2.85. The fraction of sp³-hybridized carbons (Fsp3) is 0.375. The number of halogens is 1. The number of nitrogens with zero attached hydrogens (tertiary/aromatic N) is 2. The summed E-state index contributed by atoms with van der Waals surface area (Å²) in [6.45, 7) is 0.534. The van der Waals surface area contributed by atoms with Crippen LogP contribution >= 0.6 is 0 Å². The summed E-state index contributed by atoms with van der Waals surface area (Å²) in [5, 5.41) is 5.78. The minimum atomic E-state index is -0.223. The van der Waals surface area contributed by atoms with E-state index in [1.165, 1.54) is 6.07 Å². The van der Waals surface area contributed by atoms with E-state index in [4.69, 9.17) is 0 Å². The smallest absolute Gasteiger partial charge is 0.315 e. The van der Waals surface area contributed by atoms with Crippen molar-refractivity contribution in [2.24, 2.45) is 7.05 Å². The minimum absolute atomic E-state index is 0.0366. The first-order chi connectivity index (χ1) is 10.6. The normalized spacial score (nSPS) is 16.4. The molecular formula is C16H19FN4O. The third kappa shape index (κ3) is 3.27. The number of carbonyl (C=O) groups is 1. The first kappa shape index (κ1) is 14.6. The summed E-state index contributed by atoms with van der Waals surface area (Å²) >= 11 is 0. The van der Waals surface area contributed by atoms with Crippen LogP contribution < -0.4 is 10.6 Å². The van der Waals surface area contributed by atoms with Crippen LogP contribution in [0.1, 0.15) is 29.3 Å². The highest BCUT2D eigenvalue weighted by atomic mass is 19.1. The van der Waals surface area contributed by atoms with Crippen LogP contribution in [0.15, 0.2) is 30.7 Å². The van der Waals surface area contributed by atoms with Crippen molar-refractivity contribution in [1.82, 2.24) is 20.2 Å². The highest BCUT2D eigenvalue weighted by molar-refractivity contribution is 5.74. The molecule has 2 aromatic rings. The number of fused-ring (bicyclic) bond motifs is 1. The van der Waals surface area contributed by atoms with Gasteiger partial charge in [-0.3, -0.25) is 0 Å². The van der Waals surface area contributed by atoms with Crippen molar-refractivity contribution in [2.75, 3.05) is 6.54 Å². The number of rotatable bonds is 4. The zero-order valence-electron chi connectivity index (χ0n) is 12.5. The number of urea groups is 1. The number of carbonyl (C=O) groups excluding carboxylic acids is 1. The molecule has 1 atom stereocenters. The summed E-state index contributed by atoms with van der Waals surface area (Å²) < 4.78 is 15.1. The second-order valence-corrected chi connectivity index (χ2v) is 5.62. The number of imidazole rings is 1. The topological polar surface area (TPSA) is 59.0 Å². The summed E-state index contributed by atoms with van der Waals surface area (Å²) in [7, 11) is 1.91. The third-order valence-electron chi connectivity index (χ3n) is 3.91. The van der Waals surface area contributed by atoms with E-state index in [9.17, 15) is 9.18 Å². The van der Waals surface area contributed by atoms with Crippen LogP contribution in [-0.4, -0.2) is 22.1 Å². The Kier molecular flexibility index (Phi) is 4.09. The quantitative estimate of drug-likeness (QED) is 0.908. The van der Waals surface area contributed by atoms with Crippen LogP contribution in [0.3, 0.4) is 0 Å². The number of amides is 2. The summed E-state index contributed by atoms with van der Waals surface area (Å²) in [6.07, 6.45) is 5.98. The van der Waals surface area contributed by atoms with Gasteiger partial charge in [-0.15, -0.1) is 0 Å². The van der Waals surface area contributed by atoms with Gasteiger partial charge >= 0.3 is 6.03 Å². The molecule has 5 nitrogen and oxygen atoms in total. The molecule has 0 radical (unpaired) electrons. The van der Waals surface area contributed by atoms with Gasteiger partial charge in [0.2, 0.25) is 0 Å². The Morgan fingerprint density at radius 2 is 2.36 bits per heavy atom. The van der Waals surface area contributed by atoms with Gasteiger partial charge in [0.25, 0.3) is 0 Å². The molecule has 0 bridgehead atoms. The van der Waals surface area contributed by atoms with E-state index in [0.29, 0.717) is 13.0 Å². The van der Waals surface area contributed by atoms with E-state index in [1.807, 2.05) is 17.8 Å². The van der Waals surface area contributed by atoms with E-state index in [1.54, 1.807) is 18.5 Å². The molecule has 1 aromatic heterocycles. The van der Waals surface area contributed by atoms with Gasteiger partial charge in [0.1, 0.15) is 5.82 Å². The van der Waals surface area contributed by atoms with Gasteiger partial charge in [0.15, 0.2) is 0 Å². The van der Waals surface area contributed by atoms with Crippen LogP contribution in [0.4, 0.5) is 9.18 Å². The van der Waals surface area contributed by atoms with E-state index in [0.717, 1.165) is 29.7 Å². The Bertz CT molecular complexity index is 683. The van der Waals surface area contributed by atoms with Crippen LogP contribution in [-0.2, 0) is 19.9 Å². The Hall–Kier alpha value is -2.37. The molecule has 0 saturated carbocycles. The molecular weight excluding hydrogens is 283 g/mol. The number of nitrogens with one attached hydrogen (secondary N) is 2. The summed E-state index contributed by atoms with van der Waals surface area (Å²) in [5.74, 6) is -0.223. The molecule has 2 N–H and O–H groups in total. The van der Waals surface area contributed by atoms with Crippen molar-refractivity contribution in [2.45, 2.75) is 25.3 Å². The maximum atomic E-state index is 13.2. The van der Waals surface area contributed by atoms with Gasteiger partial charge in [-0.05, 0) is 36.1 Å². The third-order valence-corrected chi connectivity index (χ3v) is 3.91. The van der Waals surface area contributed by atoms with Crippen LogP contribution in [0.2, 0.25) is 0 Å². The largest absolute Gasteiger partial charge is 0.340 e. The lowest BCUT2D eigenvalue weighted by molar-refractivity contribution is 0.237. The Morgan fingerprint density at radius 3 is 3.14 bits per heavy atom. The highest BCUT2D eigenvalue weighted by Gasteiger charge is 2.24. The van der Waals surface area contributed by atoms with E-state index in [2.05, 4.69) is 15.6 Å². The standard InChI is InChI=1S/C16H19FN4O/c1-21-9-13(19-10-21)6-7-18-16(22)20-15-5-2-11-8-12(17)3-4-14(11)15/h3-4,8-10,15H,2,5-7H2,1H3,(H2,18,20,22)/t15-/m1/s1. The molecule has 2 amide bonds. The van der Waals surface area contributed by atoms with Crippen LogP contribution in [0.25, 0.3) is 0 Å². The second-order valence-electron chi connectivity index (χ2n) is 5.62. The number of hydrogen-bond donors (Lipinski definition) is 2. The number of aryl methyl sites for hydroxylation is 2. The zero-order valence-corrected chi connectivity index (χ0v) is 12.5. The van der Waals surface area contributed by atoms with Crippen molar-refractivity contribution < 1.29 is 9.18 Å². The summed E-state index contributed by atoms with van der Waals surface area (Å²) in [4.78, 5) is 16.2. The van der Waals surface area contributed by atoms with Crippen LogP contribution in [0, 0.1) is 5.82 Å². The lowest BCUT2D eigenvalue weighted by Crippen LogP contribution is -2.38. The molecule has 1 aliphatic carbocycles. The predicted octanol–water partition coefficient (Wildman–Crippen LogP) is 2.09. The average molecular weight is 302 g/mol. The van der Waals surface area contributed by atoms with E-state index >= 15 is 0 Å². The SMILES string of the molecule is Cn1cnc(CCNC(=O)N[C@@H]2CCc3cc(F)ccc32)c1. The second kappa shape index (κ2) is 6.17. The first-order valence-corrected chi connectivity index (χ1v) is 7.41. The van der Waals surface area contributed by atoms with Crippen molar-refractivity contribution in [3.8, 4) is 0 Å². The molecule has 22 heavy (non-hydrogen) atoms. The Morgan fingerprint density at radius 1 is 1.50 bits per heavy atom. The van der Waals surface area contributed by atoms with E-state index < -0.39 is 0 Å². The molecule has 116 valence electrons. The maximum Gasteiger partial charge on any atom is 0.315 e. The van der Waals surface area contributed by atoms with Crippen LogP contribution in [0.5, 0.6) is 0 Å². The van der Waals surface area contributed by atoms with Crippen molar-refractivity contribution in [3.63, 3.8) is 0 Å². The van der Waals surface area contributed by atoms with Crippen molar-refractivity contribution in [3.05, 3.63) is 53.4 Å². The molecule has 0 fully saturated rings. The Labute approximate surface area is 128 Å². The minimum Gasteiger partial charge on any atom is -0.340 e. The lowest BCUT2D eigenvalue weighted by atomic mass is 10.1. The average Bonchev–Trinajstić information content (AvgIpc) is 3.05. The van der Waals surface area contributed by atoms with E-state index in [-0.39, 0.29) is 17.9 Å². The highest BCUT2D eigenvalue weighted by Crippen LogP contribution is 2.31. The summed E-state index contributed by atoms with van der Waals surface area (Å²) in [6, 6.07) is 4.52. The molecule has 1 aromatic carbocycles. The number of benzene rings is 1. The molecule has 3 rings (SSSR count). The molecule has 0 spiro atoms. The van der Waals surface area contributed by atoms with Gasteiger partial charge in [0.05, 0.1) is 18.1 Å². The number of aromatic nitrogens is 2. The van der Waals surface area contributed by atoms with Gasteiger partial charge in [0, 0.05) is 26.2 Å². The zero-order chi connectivity index (χ0) is 15.5. The molecule has 6 heteroatoms. The molecule has 0 unspecified atom stereocenters. The van der Waals surface area contributed by atoms with Gasteiger partial charge < -0.3 is 15.2 Å². The van der Waals surface area contributed by atoms with Crippen molar-refractivity contribution in [1.29, 1.82) is 0 Å². The lowest BCUT2D eigenvalue weighted by Gasteiger charge is -2.14. The monoisotopic (exact) mass is 302 g/mol. The van der Waals surface area contributed by atoms with Gasteiger partial charge in [-0.25, -0.2) is 14.2 Å². The molecule has 1 aliphatic rings. The first-order valence-electron chi connectivity index (χ1n) is 7.41. The molecule has 0 aliphatic heterocycles. The Balaban J connectivity index is 1.49. The molecule has 0 saturated heterocycles. The number of hydrogen-bond acceptors (Lipinski definition) is 2. The predicted molar refractivity (Wildman–Crippen MR) is 80.9 cm³/mol. The van der Waals surface area contributed by atoms with Crippen molar-refractivity contribution >= 4 is 6.03 Å². The maximum absolute atomic E-state index is 13.2.